The van der Waals surface area contributed by atoms with Crippen LogP contribution in [0.2, 0.25) is 0 Å². The molecular formula is C11H13NO2. The van der Waals surface area contributed by atoms with Crippen molar-refractivity contribution in [1.29, 1.82) is 0 Å². The number of anilines is 1. The van der Waals surface area contributed by atoms with Gasteiger partial charge < -0.3 is 10.5 Å². The summed E-state index contributed by atoms with van der Waals surface area (Å²) >= 11 is 0. The summed E-state index contributed by atoms with van der Waals surface area (Å²) in [6.45, 7) is 1.50. The zero-order valence-corrected chi connectivity index (χ0v) is 8.28. The quantitative estimate of drug-likeness (QED) is 0.586. The zero-order valence-electron chi connectivity index (χ0n) is 8.28. The first-order valence-electron chi connectivity index (χ1n) is 4.25. The van der Waals surface area contributed by atoms with Crippen LogP contribution in [0.5, 0.6) is 5.75 Å². The summed E-state index contributed by atoms with van der Waals surface area (Å²) in [6, 6.07) is 5.37. The minimum Gasteiger partial charge on any atom is -0.495 e. The Morgan fingerprint density at radius 1 is 1.50 bits per heavy atom. The van der Waals surface area contributed by atoms with Crippen LogP contribution in [0.1, 0.15) is 12.5 Å². The Kier molecular flexibility index (Phi) is 3.29. The fraction of sp³-hybridized carbons (Fsp3) is 0.182. The van der Waals surface area contributed by atoms with Crippen LogP contribution in [0.4, 0.5) is 5.69 Å². The van der Waals surface area contributed by atoms with E-state index in [-0.39, 0.29) is 5.78 Å². The molecule has 0 unspecified atom stereocenters. The van der Waals surface area contributed by atoms with E-state index >= 15 is 0 Å². The summed E-state index contributed by atoms with van der Waals surface area (Å²) < 4.78 is 5.05. The van der Waals surface area contributed by atoms with E-state index < -0.39 is 0 Å². The molecule has 1 aromatic rings. The van der Waals surface area contributed by atoms with Gasteiger partial charge in [-0.15, -0.1) is 0 Å². The van der Waals surface area contributed by atoms with Crippen LogP contribution in [-0.4, -0.2) is 12.9 Å². The lowest BCUT2D eigenvalue weighted by molar-refractivity contribution is -0.112. The number of hydrogen-bond donors (Lipinski definition) is 1. The Morgan fingerprint density at radius 3 is 2.79 bits per heavy atom. The van der Waals surface area contributed by atoms with Crippen molar-refractivity contribution >= 4 is 17.5 Å². The molecule has 1 rings (SSSR count). The van der Waals surface area contributed by atoms with Gasteiger partial charge in [-0.1, -0.05) is 12.1 Å². The first-order valence-corrected chi connectivity index (χ1v) is 4.25. The molecule has 0 aromatic heterocycles. The third kappa shape index (κ3) is 2.62. The van der Waals surface area contributed by atoms with Crippen LogP contribution in [0.25, 0.3) is 6.08 Å². The summed E-state index contributed by atoms with van der Waals surface area (Å²) in [7, 11) is 1.56. The fourth-order valence-electron chi connectivity index (χ4n) is 1.04. The lowest BCUT2D eigenvalue weighted by Crippen LogP contribution is -1.92. The van der Waals surface area contributed by atoms with E-state index in [1.807, 2.05) is 6.07 Å². The lowest BCUT2D eigenvalue weighted by atomic mass is 10.1. The van der Waals surface area contributed by atoms with E-state index in [2.05, 4.69) is 0 Å². The Balaban J connectivity index is 2.95. The zero-order chi connectivity index (χ0) is 10.6. The van der Waals surface area contributed by atoms with Crippen LogP contribution in [0, 0.1) is 0 Å². The van der Waals surface area contributed by atoms with Crippen LogP contribution < -0.4 is 10.5 Å². The second kappa shape index (κ2) is 4.46. The molecule has 0 heterocycles. The average Bonchev–Trinajstić information content (AvgIpc) is 2.16. The molecule has 0 fully saturated rings. The maximum Gasteiger partial charge on any atom is 0.152 e. The fourth-order valence-corrected chi connectivity index (χ4v) is 1.04. The smallest absolute Gasteiger partial charge is 0.152 e. The minimum atomic E-state index is 0.0146. The Hall–Kier alpha value is -1.77. The second-order valence-electron chi connectivity index (χ2n) is 2.95. The summed E-state index contributed by atoms with van der Waals surface area (Å²) in [6.07, 6.45) is 3.23. The van der Waals surface area contributed by atoms with Crippen molar-refractivity contribution in [1.82, 2.24) is 0 Å². The normalized spacial score (nSPS) is 10.4. The maximum absolute atomic E-state index is 10.7. The molecule has 0 aliphatic carbocycles. The largest absolute Gasteiger partial charge is 0.495 e. The van der Waals surface area contributed by atoms with E-state index in [0.717, 1.165) is 5.56 Å². The van der Waals surface area contributed by atoms with Crippen LogP contribution in [0.15, 0.2) is 24.3 Å². The molecule has 0 aliphatic heterocycles. The van der Waals surface area contributed by atoms with Crippen LogP contribution >= 0.6 is 0 Å². The van der Waals surface area contributed by atoms with Gasteiger partial charge in [0.2, 0.25) is 0 Å². The molecule has 3 heteroatoms. The first kappa shape index (κ1) is 10.3. The number of nitrogens with two attached hydrogens (primary N) is 1. The number of nitrogen functional groups attached to an aromatic ring is 1. The van der Waals surface area contributed by atoms with Crippen molar-refractivity contribution < 1.29 is 9.53 Å². The maximum atomic E-state index is 10.7. The molecule has 2 N–H and O–H groups in total. The number of carbonyl (C=O) groups excluding carboxylic acids is 1. The van der Waals surface area contributed by atoms with Crippen molar-refractivity contribution in [3.8, 4) is 5.75 Å². The van der Waals surface area contributed by atoms with Gasteiger partial charge in [0.05, 0.1) is 12.8 Å². The summed E-state index contributed by atoms with van der Waals surface area (Å²) in [4.78, 5) is 10.7. The number of methoxy groups -OCH3 is 1. The number of benzene rings is 1. The summed E-state index contributed by atoms with van der Waals surface area (Å²) in [5.41, 5.74) is 7.12. The average molecular weight is 191 g/mol. The summed E-state index contributed by atoms with van der Waals surface area (Å²) in [5, 5.41) is 0. The SMILES string of the molecule is COc1cc(C=CC(C)=O)ccc1N. The molecule has 3 nitrogen and oxygen atoms in total. The lowest BCUT2D eigenvalue weighted by Gasteiger charge is -2.04. The van der Waals surface area contributed by atoms with Gasteiger partial charge in [0, 0.05) is 0 Å². The highest BCUT2D eigenvalue weighted by molar-refractivity contribution is 5.91. The number of allylic oxidation sites excluding steroid dienone is 1. The predicted molar refractivity (Wildman–Crippen MR) is 57.1 cm³/mol. The van der Waals surface area contributed by atoms with Gasteiger partial charge in [-0.3, -0.25) is 4.79 Å². The van der Waals surface area contributed by atoms with Gasteiger partial charge in [-0.25, -0.2) is 0 Å². The standard InChI is InChI=1S/C11H13NO2/c1-8(13)3-4-9-5-6-10(12)11(7-9)14-2/h3-7H,12H2,1-2H3. The van der Waals surface area contributed by atoms with Gasteiger partial charge in [0.1, 0.15) is 5.75 Å². The Bertz CT molecular complexity index is 370. The molecule has 74 valence electrons. The van der Waals surface area contributed by atoms with Gasteiger partial charge >= 0.3 is 0 Å². The van der Waals surface area contributed by atoms with Crippen LogP contribution in [0.3, 0.4) is 0 Å². The molecule has 0 radical (unpaired) electrons. The van der Waals surface area contributed by atoms with Crippen molar-refractivity contribution in [2.24, 2.45) is 0 Å². The van der Waals surface area contributed by atoms with Crippen molar-refractivity contribution in [3.05, 3.63) is 29.8 Å². The second-order valence-corrected chi connectivity index (χ2v) is 2.95. The monoisotopic (exact) mass is 191 g/mol. The van der Waals surface area contributed by atoms with E-state index in [1.54, 1.807) is 25.3 Å². The van der Waals surface area contributed by atoms with E-state index in [9.17, 15) is 4.79 Å². The molecule has 0 saturated heterocycles. The van der Waals surface area contributed by atoms with E-state index in [1.165, 1.54) is 13.0 Å². The minimum absolute atomic E-state index is 0.0146. The van der Waals surface area contributed by atoms with Crippen molar-refractivity contribution in [2.45, 2.75) is 6.92 Å². The van der Waals surface area contributed by atoms with Gasteiger partial charge in [-0.2, -0.15) is 0 Å². The molecule has 1 aromatic carbocycles. The van der Waals surface area contributed by atoms with Crippen molar-refractivity contribution in [3.63, 3.8) is 0 Å². The molecule has 0 amide bonds. The predicted octanol–water partition coefficient (Wildman–Crippen LogP) is 1.88. The Morgan fingerprint density at radius 2 is 2.21 bits per heavy atom. The molecule has 0 atom stereocenters. The first-order chi connectivity index (χ1) is 6.63. The van der Waals surface area contributed by atoms with Gasteiger partial charge in [-0.05, 0) is 30.7 Å². The topological polar surface area (TPSA) is 52.3 Å². The van der Waals surface area contributed by atoms with Crippen LogP contribution in [-0.2, 0) is 4.79 Å². The molecule has 0 spiro atoms. The Labute approximate surface area is 83.2 Å². The number of ketones is 1. The number of carbonyl (C=O) groups is 1. The number of ether oxygens (including phenoxy) is 1. The van der Waals surface area contributed by atoms with Crippen molar-refractivity contribution in [2.75, 3.05) is 12.8 Å². The van der Waals surface area contributed by atoms with E-state index in [4.69, 9.17) is 10.5 Å². The molecule has 0 bridgehead atoms. The molecule has 14 heavy (non-hydrogen) atoms. The molecular weight excluding hydrogens is 178 g/mol. The molecule has 0 aliphatic rings. The number of rotatable bonds is 3. The van der Waals surface area contributed by atoms with Gasteiger partial charge in [0.15, 0.2) is 5.78 Å². The highest BCUT2D eigenvalue weighted by Gasteiger charge is 1.98. The molecule has 0 saturated carbocycles. The van der Waals surface area contributed by atoms with Gasteiger partial charge in [0.25, 0.3) is 0 Å². The highest BCUT2D eigenvalue weighted by atomic mass is 16.5. The third-order valence-electron chi connectivity index (χ3n) is 1.77. The summed E-state index contributed by atoms with van der Waals surface area (Å²) in [5.74, 6) is 0.636. The number of hydrogen-bond acceptors (Lipinski definition) is 3. The van der Waals surface area contributed by atoms with E-state index in [0.29, 0.717) is 11.4 Å². The highest BCUT2D eigenvalue weighted by Crippen LogP contribution is 2.22. The third-order valence-corrected chi connectivity index (χ3v) is 1.77.